The zero-order valence-electron chi connectivity index (χ0n) is 15.9. The number of hydrogen-bond donors (Lipinski definition) is 1. The molecule has 0 aliphatic heterocycles. The number of benzene rings is 2. The lowest BCUT2D eigenvalue weighted by molar-refractivity contribution is -0.140. The highest BCUT2D eigenvalue weighted by atomic mass is 32.1. The maximum absolute atomic E-state index is 13.3. The lowest BCUT2D eigenvalue weighted by atomic mass is 9.49. The molecule has 1 heterocycles. The number of hydrogen-bond acceptors (Lipinski definition) is 3. The molecule has 0 atom stereocenters. The number of para-hydroxylation sites is 1. The van der Waals surface area contributed by atoms with Gasteiger partial charge in [-0.2, -0.15) is 0 Å². The number of carbonyl (C=O) groups is 1. The molecule has 142 valence electrons. The van der Waals surface area contributed by atoms with Crippen LogP contribution in [0, 0.1) is 23.2 Å². The molecular formula is C24H24N2OS. The molecule has 3 nitrogen and oxygen atoms in total. The Morgan fingerprint density at radius 1 is 0.964 bits per heavy atom. The van der Waals surface area contributed by atoms with E-state index in [0.29, 0.717) is 0 Å². The Bertz CT molecular complexity index is 1000. The summed E-state index contributed by atoms with van der Waals surface area (Å²) in [6, 6.07) is 16.4. The third-order valence-electron chi connectivity index (χ3n) is 7.18. The Kier molecular flexibility index (Phi) is 3.67. The van der Waals surface area contributed by atoms with Crippen LogP contribution in [0.3, 0.4) is 0 Å². The van der Waals surface area contributed by atoms with Crippen molar-refractivity contribution in [2.75, 3.05) is 5.32 Å². The minimum atomic E-state index is -0.110. The first-order valence-electron chi connectivity index (χ1n) is 10.4. The monoisotopic (exact) mass is 388 g/mol. The zero-order chi connectivity index (χ0) is 18.7. The van der Waals surface area contributed by atoms with Crippen LogP contribution in [0.15, 0.2) is 48.5 Å². The first-order chi connectivity index (χ1) is 13.7. The molecule has 4 aliphatic rings. The van der Waals surface area contributed by atoms with Gasteiger partial charge < -0.3 is 5.32 Å². The molecule has 2 aromatic carbocycles. The van der Waals surface area contributed by atoms with E-state index < -0.39 is 0 Å². The van der Waals surface area contributed by atoms with Crippen LogP contribution >= 0.6 is 11.3 Å². The molecule has 4 aliphatic carbocycles. The molecule has 4 bridgehead atoms. The Labute approximate surface area is 169 Å². The summed E-state index contributed by atoms with van der Waals surface area (Å²) in [5.74, 6) is 2.61. The molecule has 0 unspecified atom stereocenters. The Balaban J connectivity index is 1.27. The van der Waals surface area contributed by atoms with Gasteiger partial charge in [-0.15, -0.1) is 11.3 Å². The minimum absolute atomic E-state index is 0.110. The van der Waals surface area contributed by atoms with E-state index in [1.807, 2.05) is 30.3 Å². The number of carbonyl (C=O) groups excluding carboxylic acids is 1. The van der Waals surface area contributed by atoms with Crippen molar-refractivity contribution in [3.05, 3.63) is 48.5 Å². The van der Waals surface area contributed by atoms with Gasteiger partial charge in [-0.25, -0.2) is 4.98 Å². The molecule has 0 radical (unpaired) electrons. The summed E-state index contributed by atoms with van der Waals surface area (Å²) in [5, 5.41) is 4.29. The number of fused-ring (bicyclic) bond motifs is 1. The van der Waals surface area contributed by atoms with Crippen LogP contribution in [0.4, 0.5) is 5.69 Å². The second-order valence-electron chi connectivity index (χ2n) is 9.22. The molecular weight excluding hydrogens is 364 g/mol. The number of rotatable bonds is 3. The second-order valence-corrected chi connectivity index (χ2v) is 10.3. The van der Waals surface area contributed by atoms with E-state index in [4.69, 9.17) is 4.98 Å². The highest BCUT2D eigenvalue weighted by Gasteiger charge is 2.54. The first kappa shape index (κ1) is 16.7. The van der Waals surface area contributed by atoms with E-state index in [2.05, 4.69) is 23.5 Å². The van der Waals surface area contributed by atoms with Gasteiger partial charge in [-0.05, 0) is 80.5 Å². The van der Waals surface area contributed by atoms with E-state index in [0.717, 1.165) is 58.8 Å². The molecule has 28 heavy (non-hydrogen) atoms. The summed E-state index contributed by atoms with van der Waals surface area (Å²) in [4.78, 5) is 18.1. The predicted octanol–water partition coefficient (Wildman–Crippen LogP) is 6.12. The predicted molar refractivity (Wildman–Crippen MR) is 114 cm³/mol. The smallest absolute Gasteiger partial charge is 0.230 e. The maximum Gasteiger partial charge on any atom is 0.230 e. The van der Waals surface area contributed by atoms with Crippen molar-refractivity contribution in [3.63, 3.8) is 0 Å². The summed E-state index contributed by atoms with van der Waals surface area (Å²) >= 11 is 1.70. The molecule has 1 aromatic heterocycles. The van der Waals surface area contributed by atoms with E-state index in [-0.39, 0.29) is 11.3 Å². The van der Waals surface area contributed by atoms with Crippen molar-refractivity contribution < 1.29 is 4.79 Å². The van der Waals surface area contributed by atoms with E-state index in [1.165, 1.54) is 24.0 Å². The van der Waals surface area contributed by atoms with Gasteiger partial charge in [0.25, 0.3) is 0 Å². The number of thiazole rings is 1. The Morgan fingerprint density at radius 3 is 2.39 bits per heavy atom. The van der Waals surface area contributed by atoms with Gasteiger partial charge in [0, 0.05) is 11.3 Å². The van der Waals surface area contributed by atoms with Gasteiger partial charge >= 0.3 is 0 Å². The average molecular weight is 389 g/mol. The van der Waals surface area contributed by atoms with Crippen LogP contribution in [-0.4, -0.2) is 10.9 Å². The number of aromatic nitrogens is 1. The number of amides is 1. The zero-order valence-corrected chi connectivity index (χ0v) is 16.7. The molecule has 1 amide bonds. The molecule has 4 heteroatoms. The Morgan fingerprint density at radius 2 is 1.68 bits per heavy atom. The third kappa shape index (κ3) is 2.69. The number of nitrogens with one attached hydrogen (secondary N) is 1. The van der Waals surface area contributed by atoms with Crippen LogP contribution < -0.4 is 5.32 Å². The van der Waals surface area contributed by atoms with E-state index >= 15 is 0 Å². The largest absolute Gasteiger partial charge is 0.326 e. The summed E-state index contributed by atoms with van der Waals surface area (Å²) in [6.07, 6.45) is 7.38. The lowest BCUT2D eigenvalue weighted by Gasteiger charge is -2.55. The summed E-state index contributed by atoms with van der Waals surface area (Å²) in [5.41, 5.74) is 2.90. The number of anilines is 1. The van der Waals surface area contributed by atoms with Crippen molar-refractivity contribution in [3.8, 4) is 10.6 Å². The average Bonchev–Trinajstić information content (AvgIpc) is 3.11. The fourth-order valence-electron chi connectivity index (χ4n) is 6.38. The highest BCUT2D eigenvalue weighted by molar-refractivity contribution is 7.21. The topological polar surface area (TPSA) is 42.0 Å². The Hall–Kier alpha value is -2.20. The highest BCUT2D eigenvalue weighted by Crippen LogP contribution is 2.60. The van der Waals surface area contributed by atoms with Crippen molar-refractivity contribution >= 4 is 33.1 Å². The van der Waals surface area contributed by atoms with Gasteiger partial charge in [-0.3, -0.25) is 4.79 Å². The minimum Gasteiger partial charge on any atom is -0.326 e. The lowest BCUT2D eigenvalue weighted by Crippen LogP contribution is -2.51. The van der Waals surface area contributed by atoms with Crippen LogP contribution in [0.1, 0.15) is 38.5 Å². The molecule has 0 spiro atoms. The summed E-state index contributed by atoms with van der Waals surface area (Å²) in [6.45, 7) is 0. The summed E-state index contributed by atoms with van der Waals surface area (Å²) in [7, 11) is 0. The molecule has 0 saturated heterocycles. The van der Waals surface area contributed by atoms with Crippen LogP contribution in [0.25, 0.3) is 20.8 Å². The van der Waals surface area contributed by atoms with E-state index in [1.54, 1.807) is 11.3 Å². The SMILES string of the molecule is O=C(Nc1cccc(-c2nc3ccccc3s2)c1)C12CC3CC(CC(C3)C1)C2. The molecule has 7 rings (SSSR count). The van der Waals surface area contributed by atoms with Crippen LogP contribution in [0.5, 0.6) is 0 Å². The van der Waals surface area contributed by atoms with Gasteiger partial charge in [0.2, 0.25) is 5.91 Å². The molecule has 4 saturated carbocycles. The fourth-order valence-corrected chi connectivity index (χ4v) is 7.34. The first-order valence-corrected chi connectivity index (χ1v) is 11.3. The quantitative estimate of drug-likeness (QED) is 0.587. The summed E-state index contributed by atoms with van der Waals surface area (Å²) < 4.78 is 1.19. The second kappa shape index (κ2) is 6.15. The molecule has 3 aromatic rings. The van der Waals surface area contributed by atoms with Gasteiger partial charge in [-0.1, -0.05) is 24.3 Å². The number of nitrogens with zero attached hydrogens (tertiary/aromatic N) is 1. The van der Waals surface area contributed by atoms with E-state index in [9.17, 15) is 4.79 Å². The maximum atomic E-state index is 13.3. The van der Waals surface area contributed by atoms with Crippen LogP contribution in [-0.2, 0) is 4.79 Å². The van der Waals surface area contributed by atoms with Crippen molar-refractivity contribution in [2.45, 2.75) is 38.5 Å². The van der Waals surface area contributed by atoms with Crippen molar-refractivity contribution in [1.82, 2.24) is 4.98 Å². The van der Waals surface area contributed by atoms with Gasteiger partial charge in [0.05, 0.1) is 15.6 Å². The molecule has 4 fully saturated rings. The van der Waals surface area contributed by atoms with Crippen molar-refractivity contribution in [1.29, 1.82) is 0 Å². The standard InChI is InChI=1S/C24H24N2OS/c27-23(24-12-15-8-16(13-24)10-17(9-15)14-24)25-19-5-3-4-18(11-19)22-26-20-6-1-2-7-21(20)28-22/h1-7,11,15-17H,8-10,12-14H2,(H,25,27). The van der Waals surface area contributed by atoms with Gasteiger partial charge in [0.1, 0.15) is 5.01 Å². The normalized spacial score (nSPS) is 30.6. The van der Waals surface area contributed by atoms with Crippen LogP contribution in [0.2, 0.25) is 0 Å². The molecule has 1 N–H and O–H groups in total. The fraction of sp³-hybridized carbons (Fsp3) is 0.417. The van der Waals surface area contributed by atoms with Crippen molar-refractivity contribution in [2.24, 2.45) is 23.2 Å². The van der Waals surface area contributed by atoms with Gasteiger partial charge in [0.15, 0.2) is 0 Å². The third-order valence-corrected chi connectivity index (χ3v) is 8.27.